The predicted molar refractivity (Wildman–Crippen MR) is 92.9 cm³/mol. The number of aromatic nitrogens is 1. The minimum Gasteiger partial charge on any atom is -0.256 e. The van der Waals surface area contributed by atoms with Gasteiger partial charge in [0, 0.05) is 11.8 Å². The summed E-state index contributed by atoms with van der Waals surface area (Å²) in [4.78, 5) is 4.41. The van der Waals surface area contributed by atoms with Crippen LogP contribution in [0.5, 0.6) is 0 Å². The zero-order valence-corrected chi connectivity index (χ0v) is 13.5. The van der Waals surface area contributed by atoms with Crippen LogP contribution in [-0.4, -0.2) is 13.1 Å². The lowest BCUT2D eigenvalue weighted by atomic mass is 10.1. The van der Waals surface area contributed by atoms with Gasteiger partial charge in [0.2, 0.25) is 0 Å². The van der Waals surface area contributed by atoms with Gasteiger partial charge in [-0.3, -0.25) is 4.98 Å². The molecule has 0 aliphatic rings. The molecule has 0 N–H and O–H groups in total. The van der Waals surface area contributed by atoms with E-state index in [9.17, 15) is 0 Å². The van der Waals surface area contributed by atoms with Gasteiger partial charge < -0.3 is 0 Å². The lowest BCUT2D eigenvalue weighted by Crippen LogP contribution is -2.52. The van der Waals surface area contributed by atoms with E-state index in [0.29, 0.717) is 0 Å². The molecule has 0 aliphatic carbocycles. The van der Waals surface area contributed by atoms with Crippen molar-refractivity contribution in [2.24, 2.45) is 0 Å². The van der Waals surface area contributed by atoms with Crippen molar-refractivity contribution in [1.82, 2.24) is 4.98 Å². The average Bonchev–Trinajstić information content (AvgIpc) is 2.57. The Kier molecular flexibility index (Phi) is 3.71. The van der Waals surface area contributed by atoms with E-state index in [1.54, 1.807) is 0 Å². The van der Waals surface area contributed by atoms with Gasteiger partial charge in [-0.25, -0.2) is 0 Å². The SMILES string of the molecule is C[Si](C)(c1ccccc1)c1ccc(-c2ccccn2)cc1. The molecule has 0 unspecified atom stereocenters. The van der Waals surface area contributed by atoms with Crippen molar-refractivity contribution in [2.45, 2.75) is 13.1 Å². The molecule has 2 aromatic carbocycles. The molecule has 0 saturated carbocycles. The molecule has 3 rings (SSSR count). The van der Waals surface area contributed by atoms with Crippen LogP contribution in [0.4, 0.5) is 0 Å². The van der Waals surface area contributed by atoms with Crippen molar-refractivity contribution in [3.63, 3.8) is 0 Å². The normalized spacial score (nSPS) is 11.3. The lowest BCUT2D eigenvalue weighted by Gasteiger charge is -2.23. The number of rotatable bonds is 3. The second-order valence-corrected chi connectivity index (χ2v) is 10.2. The molecule has 104 valence electrons. The number of benzene rings is 2. The molecular weight excluding hydrogens is 270 g/mol. The quantitative estimate of drug-likeness (QED) is 0.672. The van der Waals surface area contributed by atoms with Crippen LogP contribution in [0.15, 0.2) is 79.0 Å². The van der Waals surface area contributed by atoms with Crippen LogP contribution in [0.2, 0.25) is 13.1 Å². The number of pyridine rings is 1. The van der Waals surface area contributed by atoms with E-state index in [-0.39, 0.29) is 0 Å². The fourth-order valence-corrected chi connectivity index (χ4v) is 4.97. The molecule has 0 atom stereocenters. The Bertz CT molecular complexity index is 704. The third kappa shape index (κ3) is 2.81. The second-order valence-electron chi connectivity index (χ2n) is 5.78. The van der Waals surface area contributed by atoms with Gasteiger partial charge in [0.15, 0.2) is 0 Å². The van der Waals surface area contributed by atoms with Gasteiger partial charge in [-0.05, 0) is 12.1 Å². The standard InChI is InChI=1S/C19H19NSi/c1-21(2,17-8-4-3-5-9-17)18-13-11-16(12-14-18)19-10-6-7-15-20-19/h3-15H,1-2H3. The van der Waals surface area contributed by atoms with E-state index in [0.717, 1.165) is 5.69 Å². The number of hydrogen-bond acceptors (Lipinski definition) is 1. The van der Waals surface area contributed by atoms with E-state index < -0.39 is 8.07 Å². The molecule has 0 bridgehead atoms. The van der Waals surface area contributed by atoms with Crippen LogP contribution in [0.25, 0.3) is 11.3 Å². The summed E-state index contributed by atoms with van der Waals surface area (Å²) >= 11 is 0. The van der Waals surface area contributed by atoms with Gasteiger partial charge in [-0.2, -0.15) is 0 Å². The monoisotopic (exact) mass is 289 g/mol. The third-order valence-electron chi connectivity index (χ3n) is 4.06. The molecule has 0 saturated heterocycles. The summed E-state index contributed by atoms with van der Waals surface area (Å²) in [5.74, 6) is 0. The minimum atomic E-state index is -1.60. The zero-order valence-electron chi connectivity index (χ0n) is 12.5. The second kappa shape index (κ2) is 5.66. The highest BCUT2D eigenvalue weighted by Gasteiger charge is 2.25. The Morgan fingerprint density at radius 3 is 1.90 bits per heavy atom. The summed E-state index contributed by atoms with van der Waals surface area (Å²) in [5, 5.41) is 2.92. The maximum absolute atomic E-state index is 4.41. The maximum atomic E-state index is 4.41. The molecular formula is C19H19NSi. The number of hydrogen-bond donors (Lipinski definition) is 0. The van der Waals surface area contributed by atoms with Crippen LogP contribution in [0.3, 0.4) is 0 Å². The van der Waals surface area contributed by atoms with Crippen LogP contribution in [0, 0.1) is 0 Å². The van der Waals surface area contributed by atoms with Gasteiger partial charge in [0.05, 0.1) is 5.69 Å². The van der Waals surface area contributed by atoms with Crippen LogP contribution < -0.4 is 10.4 Å². The Labute approximate surface area is 127 Å². The minimum absolute atomic E-state index is 1.03. The van der Waals surface area contributed by atoms with Crippen LogP contribution in [-0.2, 0) is 0 Å². The molecule has 0 spiro atoms. The Hall–Kier alpha value is -2.19. The summed E-state index contributed by atoms with van der Waals surface area (Å²) in [6.07, 6.45) is 1.84. The predicted octanol–water partition coefficient (Wildman–Crippen LogP) is 3.57. The van der Waals surface area contributed by atoms with E-state index in [1.165, 1.54) is 15.9 Å². The van der Waals surface area contributed by atoms with Crippen molar-refractivity contribution >= 4 is 18.4 Å². The Balaban J connectivity index is 1.94. The smallest absolute Gasteiger partial charge is 0.112 e. The van der Waals surface area contributed by atoms with E-state index in [2.05, 4.69) is 78.7 Å². The fourth-order valence-electron chi connectivity index (χ4n) is 2.61. The molecule has 1 heterocycles. The highest BCUT2D eigenvalue weighted by Crippen LogP contribution is 2.15. The molecule has 1 aromatic heterocycles. The first-order chi connectivity index (χ1) is 10.2. The first-order valence-electron chi connectivity index (χ1n) is 7.25. The van der Waals surface area contributed by atoms with E-state index >= 15 is 0 Å². The number of nitrogens with zero attached hydrogens (tertiary/aromatic N) is 1. The molecule has 0 radical (unpaired) electrons. The van der Waals surface area contributed by atoms with Crippen molar-refractivity contribution in [1.29, 1.82) is 0 Å². The van der Waals surface area contributed by atoms with Gasteiger partial charge >= 0.3 is 0 Å². The Morgan fingerprint density at radius 2 is 1.29 bits per heavy atom. The first kappa shape index (κ1) is 13.8. The zero-order chi connectivity index (χ0) is 14.7. The fraction of sp³-hybridized carbons (Fsp3) is 0.105. The van der Waals surface area contributed by atoms with Crippen molar-refractivity contribution in [2.75, 3.05) is 0 Å². The molecule has 0 aliphatic heterocycles. The van der Waals surface area contributed by atoms with Crippen molar-refractivity contribution in [3.8, 4) is 11.3 Å². The summed E-state index contributed by atoms with van der Waals surface area (Å²) in [6, 6.07) is 25.8. The van der Waals surface area contributed by atoms with Gasteiger partial charge in [0.25, 0.3) is 0 Å². The van der Waals surface area contributed by atoms with Gasteiger partial charge in [-0.1, -0.05) is 84.1 Å². The topological polar surface area (TPSA) is 12.9 Å². The van der Waals surface area contributed by atoms with Gasteiger partial charge in [0.1, 0.15) is 8.07 Å². The molecule has 1 nitrogen and oxygen atoms in total. The highest BCUT2D eigenvalue weighted by molar-refractivity contribution is 7.00. The highest BCUT2D eigenvalue weighted by atomic mass is 28.3. The molecule has 3 aromatic rings. The molecule has 21 heavy (non-hydrogen) atoms. The molecule has 0 fully saturated rings. The first-order valence-corrected chi connectivity index (χ1v) is 10.3. The molecule has 0 amide bonds. The van der Waals surface area contributed by atoms with Crippen molar-refractivity contribution < 1.29 is 0 Å². The average molecular weight is 289 g/mol. The van der Waals surface area contributed by atoms with E-state index in [1.807, 2.05) is 18.3 Å². The largest absolute Gasteiger partial charge is 0.256 e. The lowest BCUT2D eigenvalue weighted by molar-refractivity contribution is 1.33. The maximum Gasteiger partial charge on any atom is 0.112 e. The van der Waals surface area contributed by atoms with E-state index in [4.69, 9.17) is 0 Å². The third-order valence-corrected chi connectivity index (χ3v) is 7.62. The van der Waals surface area contributed by atoms with Crippen LogP contribution >= 0.6 is 0 Å². The summed E-state index contributed by atoms with van der Waals surface area (Å²) in [5.41, 5.74) is 2.21. The van der Waals surface area contributed by atoms with Gasteiger partial charge in [-0.15, -0.1) is 0 Å². The Morgan fingerprint density at radius 1 is 0.667 bits per heavy atom. The van der Waals surface area contributed by atoms with Crippen LogP contribution in [0.1, 0.15) is 0 Å². The molecule has 2 heteroatoms. The van der Waals surface area contributed by atoms with Crippen molar-refractivity contribution in [3.05, 3.63) is 79.0 Å². The summed E-state index contributed by atoms with van der Waals surface area (Å²) in [6.45, 7) is 4.80. The summed E-state index contributed by atoms with van der Waals surface area (Å²) < 4.78 is 0. The summed E-state index contributed by atoms with van der Waals surface area (Å²) in [7, 11) is -1.60.